The minimum absolute atomic E-state index is 0.109. The minimum atomic E-state index is 0.109. The Labute approximate surface area is 191 Å². The quantitative estimate of drug-likeness (QED) is 0.253. The van der Waals surface area contributed by atoms with Gasteiger partial charge in [-0.05, 0) is 59.7 Å². The Hall–Kier alpha value is -3.77. The van der Waals surface area contributed by atoms with E-state index < -0.39 is 0 Å². The van der Waals surface area contributed by atoms with Gasteiger partial charge in [0.15, 0.2) is 5.11 Å². The molecule has 160 valence electrons. The molecule has 0 unspecified atom stereocenters. The third kappa shape index (κ3) is 3.92. The van der Waals surface area contributed by atoms with Gasteiger partial charge in [-0.2, -0.15) is 0 Å². The summed E-state index contributed by atoms with van der Waals surface area (Å²) < 4.78 is 5.22. The van der Waals surface area contributed by atoms with Crippen LogP contribution in [0, 0.1) is 0 Å². The van der Waals surface area contributed by atoms with Gasteiger partial charge >= 0.3 is 0 Å². The van der Waals surface area contributed by atoms with Crippen LogP contribution in [0.3, 0.4) is 0 Å². The van der Waals surface area contributed by atoms with Crippen molar-refractivity contribution in [3.8, 4) is 5.75 Å². The van der Waals surface area contributed by atoms with Crippen LogP contribution in [0.2, 0.25) is 0 Å². The highest BCUT2D eigenvalue weighted by molar-refractivity contribution is 7.80. The van der Waals surface area contributed by atoms with Gasteiger partial charge in [-0.15, -0.1) is 0 Å². The van der Waals surface area contributed by atoms with E-state index in [1.807, 2.05) is 24.3 Å². The number of aromatic nitrogens is 2. The van der Waals surface area contributed by atoms with E-state index >= 15 is 0 Å². The fraction of sp³-hybridized carbons (Fsp3) is 0.115. The summed E-state index contributed by atoms with van der Waals surface area (Å²) in [5.74, 6) is 0.922. The van der Waals surface area contributed by atoms with Crippen molar-refractivity contribution in [2.75, 3.05) is 19.0 Å². The number of anilines is 1. The van der Waals surface area contributed by atoms with Crippen LogP contribution in [0.1, 0.15) is 17.0 Å². The Balaban J connectivity index is 1.43. The highest BCUT2D eigenvalue weighted by Gasteiger charge is 2.21. The maximum absolute atomic E-state index is 5.60. The summed E-state index contributed by atoms with van der Waals surface area (Å²) in [5, 5.41) is 9.71. The summed E-state index contributed by atoms with van der Waals surface area (Å²) in [7, 11) is 1.66. The average molecular weight is 441 g/mol. The van der Waals surface area contributed by atoms with Crippen molar-refractivity contribution in [2.45, 2.75) is 5.92 Å². The van der Waals surface area contributed by atoms with E-state index in [2.05, 4.69) is 81.5 Å². The van der Waals surface area contributed by atoms with Gasteiger partial charge < -0.3 is 25.3 Å². The molecule has 5 rings (SSSR count). The van der Waals surface area contributed by atoms with E-state index in [0.717, 1.165) is 22.5 Å². The maximum atomic E-state index is 5.60. The lowest BCUT2D eigenvalue weighted by atomic mass is 9.90. The normalized spacial score (nSPS) is 11.2. The van der Waals surface area contributed by atoms with Crippen molar-refractivity contribution < 1.29 is 4.74 Å². The van der Waals surface area contributed by atoms with Crippen LogP contribution in [-0.2, 0) is 0 Å². The SMILES string of the molecule is COc1ccc(NC(=S)NCC(c2c[nH]c3ccccc23)c2c[nH]c3ccccc23)cc1. The van der Waals surface area contributed by atoms with Gasteiger partial charge in [0.05, 0.1) is 7.11 Å². The average Bonchev–Trinajstić information content (AvgIpc) is 3.45. The molecule has 0 radical (unpaired) electrons. The fourth-order valence-corrected chi connectivity index (χ4v) is 4.40. The summed E-state index contributed by atoms with van der Waals surface area (Å²) in [4.78, 5) is 6.84. The highest BCUT2D eigenvalue weighted by atomic mass is 32.1. The van der Waals surface area contributed by atoms with Gasteiger partial charge in [-0.3, -0.25) is 0 Å². The number of rotatable bonds is 6. The van der Waals surface area contributed by atoms with Crippen molar-refractivity contribution in [1.29, 1.82) is 0 Å². The van der Waals surface area contributed by atoms with Crippen LogP contribution in [0.4, 0.5) is 5.69 Å². The third-order valence-electron chi connectivity index (χ3n) is 5.81. The van der Waals surface area contributed by atoms with Crippen LogP contribution in [0.15, 0.2) is 85.2 Å². The van der Waals surface area contributed by atoms with Crippen molar-refractivity contribution in [1.82, 2.24) is 15.3 Å². The van der Waals surface area contributed by atoms with Gasteiger partial charge in [0, 0.05) is 52.3 Å². The van der Waals surface area contributed by atoms with Gasteiger partial charge in [-0.25, -0.2) is 0 Å². The van der Waals surface area contributed by atoms with Crippen LogP contribution >= 0.6 is 12.2 Å². The second-order valence-corrected chi connectivity index (χ2v) is 8.10. The second-order valence-electron chi connectivity index (χ2n) is 7.70. The number of hydrogen-bond donors (Lipinski definition) is 4. The molecule has 0 aliphatic carbocycles. The van der Waals surface area contributed by atoms with Crippen molar-refractivity contribution >= 4 is 44.8 Å². The molecular formula is C26H24N4OS. The van der Waals surface area contributed by atoms with Crippen LogP contribution < -0.4 is 15.4 Å². The van der Waals surface area contributed by atoms with E-state index in [0.29, 0.717) is 11.7 Å². The lowest BCUT2D eigenvalue weighted by Gasteiger charge is -2.19. The number of benzene rings is 3. The maximum Gasteiger partial charge on any atom is 0.170 e. The molecule has 4 N–H and O–H groups in total. The molecule has 0 saturated carbocycles. The first-order valence-corrected chi connectivity index (χ1v) is 10.9. The van der Waals surface area contributed by atoms with Gasteiger partial charge in [0.25, 0.3) is 0 Å². The number of methoxy groups -OCH3 is 1. The van der Waals surface area contributed by atoms with Gasteiger partial charge in [-0.1, -0.05) is 36.4 Å². The molecule has 5 nitrogen and oxygen atoms in total. The van der Waals surface area contributed by atoms with E-state index in [9.17, 15) is 0 Å². The monoisotopic (exact) mass is 440 g/mol. The minimum Gasteiger partial charge on any atom is -0.497 e. The molecule has 2 aromatic heterocycles. The molecule has 0 aliphatic heterocycles. The number of para-hydroxylation sites is 2. The zero-order valence-corrected chi connectivity index (χ0v) is 18.5. The number of nitrogens with one attached hydrogen (secondary N) is 4. The Bertz CT molecular complexity index is 1300. The molecule has 0 fully saturated rings. The molecule has 5 aromatic rings. The fourth-order valence-electron chi connectivity index (χ4n) is 4.20. The molecular weight excluding hydrogens is 416 g/mol. The molecule has 0 spiro atoms. The number of fused-ring (bicyclic) bond motifs is 2. The molecule has 0 amide bonds. The first-order valence-electron chi connectivity index (χ1n) is 10.5. The predicted molar refractivity (Wildman–Crippen MR) is 136 cm³/mol. The first kappa shape index (κ1) is 20.2. The standard InChI is InChI=1S/C26H24N4OS/c1-31-18-12-10-17(11-13-18)30-26(32)29-16-23(21-14-27-24-8-4-2-6-19(21)24)22-15-28-25-9-5-3-7-20(22)25/h2-15,23,27-28H,16H2,1H3,(H2,29,30,32). The number of thiocarbonyl (C=S) groups is 1. The molecule has 0 saturated heterocycles. The number of aromatic amines is 2. The molecule has 2 heterocycles. The molecule has 0 bridgehead atoms. The number of hydrogen-bond acceptors (Lipinski definition) is 2. The van der Waals surface area contributed by atoms with E-state index in [1.54, 1.807) is 7.11 Å². The van der Waals surface area contributed by atoms with Crippen LogP contribution in [0.5, 0.6) is 5.75 Å². The Morgan fingerprint density at radius 1 is 0.844 bits per heavy atom. The number of H-pyrrole nitrogens is 2. The van der Waals surface area contributed by atoms with Gasteiger partial charge in [0.2, 0.25) is 0 Å². The summed E-state index contributed by atoms with van der Waals surface area (Å²) in [6.07, 6.45) is 4.22. The van der Waals surface area contributed by atoms with Crippen LogP contribution in [-0.4, -0.2) is 28.7 Å². The third-order valence-corrected chi connectivity index (χ3v) is 6.05. The van der Waals surface area contributed by atoms with Crippen molar-refractivity contribution in [3.63, 3.8) is 0 Å². The summed E-state index contributed by atoms with van der Waals surface area (Å²) in [6.45, 7) is 0.658. The molecule has 0 atom stereocenters. The van der Waals surface area contributed by atoms with Crippen LogP contribution in [0.25, 0.3) is 21.8 Å². The summed E-state index contributed by atoms with van der Waals surface area (Å²) >= 11 is 5.60. The van der Waals surface area contributed by atoms with E-state index in [-0.39, 0.29) is 5.92 Å². The molecule has 32 heavy (non-hydrogen) atoms. The summed E-state index contributed by atoms with van der Waals surface area (Å²) in [6, 6.07) is 24.5. The zero-order chi connectivity index (χ0) is 21.9. The Kier molecular flexibility index (Phi) is 5.52. The zero-order valence-electron chi connectivity index (χ0n) is 17.7. The molecule has 6 heteroatoms. The number of ether oxygens (including phenoxy) is 1. The predicted octanol–water partition coefficient (Wildman–Crippen LogP) is 5.78. The van der Waals surface area contributed by atoms with Crippen molar-refractivity contribution in [3.05, 3.63) is 96.3 Å². The highest BCUT2D eigenvalue weighted by Crippen LogP contribution is 2.34. The topological polar surface area (TPSA) is 64.9 Å². The van der Waals surface area contributed by atoms with Gasteiger partial charge in [0.1, 0.15) is 5.75 Å². The second kappa shape index (κ2) is 8.77. The largest absolute Gasteiger partial charge is 0.497 e. The lowest BCUT2D eigenvalue weighted by Crippen LogP contribution is -2.32. The van der Waals surface area contributed by atoms with Crippen molar-refractivity contribution in [2.24, 2.45) is 0 Å². The van der Waals surface area contributed by atoms with E-state index in [4.69, 9.17) is 17.0 Å². The molecule has 3 aromatic carbocycles. The molecule has 0 aliphatic rings. The Morgan fingerprint density at radius 3 is 1.97 bits per heavy atom. The Morgan fingerprint density at radius 2 is 1.41 bits per heavy atom. The summed E-state index contributed by atoms with van der Waals surface area (Å²) in [5.41, 5.74) is 5.66. The smallest absolute Gasteiger partial charge is 0.170 e. The first-order chi connectivity index (χ1) is 15.7. The van der Waals surface area contributed by atoms with E-state index in [1.165, 1.54) is 21.9 Å². The lowest BCUT2D eigenvalue weighted by molar-refractivity contribution is 0.415.